The van der Waals surface area contributed by atoms with E-state index in [0.29, 0.717) is 40.9 Å². The SMILES string of the molecule is CCOC(=O)c1ccccc1Nc1cnnc(Nc2ccc(OC)cc2OC)n1. The molecule has 0 atom stereocenters. The van der Waals surface area contributed by atoms with Crippen LogP contribution in [0.2, 0.25) is 0 Å². The number of rotatable bonds is 8. The van der Waals surface area contributed by atoms with E-state index in [4.69, 9.17) is 14.2 Å². The van der Waals surface area contributed by atoms with E-state index in [9.17, 15) is 4.79 Å². The predicted octanol–water partition coefficient (Wildman–Crippen LogP) is 3.55. The van der Waals surface area contributed by atoms with E-state index in [1.807, 2.05) is 0 Å². The molecule has 1 aromatic heterocycles. The van der Waals surface area contributed by atoms with Gasteiger partial charge in [0.2, 0.25) is 5.95 Å². The van der Waals surface area contributed by atoms with Gasteiger partial charge in [0.15, 0.2) is 5.82 Å². The number of aromatic nitrogens is 3. The summed E-state index contributed by atoms with van der Waals surface area (Å²) in [4.78, 5) is 16.5. The number of hydrogen-bond donors (Lipinski definition) is 2. The fourth-order valence-corrected chi connectivity index (χ4v) is 2.56. The highest BCUT2D eigenvalue weighted by atomic mass is 16.5. The summed E-state index contributed by atoms with van der Waals surface area (Å²) in [6, 6.07) is 12.3. The normalized spacial score (nSPS) is 10.2. The van der Waals surface area contributed by atoms with Crippen molar-refractivity contribution in [3.63, 3.8) is 0 Å². The van der Waals surface area contributed by atoms with Crippen LogP contribution >= 0.6 is 0 Å². The molecule has 1 heterocycles. The van der Waals surface area contributed by atoms with Crippen LogP contribution in [0.15, 0.2) is 48.7 Å². The Morgan fingerprint density at radius 2 is 1.86 bits per heavy atom. The van der Waals surface area contributed by atoms with Crippen molar-refractivity contribution >= 4 is 29.1 Å². The number of methoxy groups -OCH3 is 2. The van der Waals surface area contributed by atoms with Crippen molar-refractivity contribution in [1.29, 1.82) is 0 Å². The lowest BCUT2D eigenvalue weighted by molar-refractivity contribution is 0.0527. The van der Waals surface area contributed by atoms with Crippen LogP contribution in [0.3, 0.4) is 0 Å². The molecule has 0 aliphatic heterocycles. The van der Waals surface area contributed by atoms with E-state index < -0.39 is 5.97 Å². The first-order valence-corrected chi connectivity index (χ1v) is 8.86. The Morgan fingerprint density at radius 3 is 2.62 bits per heavy atom. The second-order valence-electron chi connectivity index (χ2n) is 5.75. The molecule has 0 fully saturated rings. The topological polar surface area (TPSA) is 107 Å². The molecule has 150 valence electrons. The summed E-state index contributed by atoms with van der Waals surface area (Å²) in [5, 5.41) is 14.1. The fourth-order valence-electron chi connectivity index (χ4n) is 2.56. The van der Waals surface area contributed by atoms with Crippen molar-refractivity contribution in [2.45, 2.75) is 6.92 Å². The number of carbonyl (C=O) groups excluding carboxylic acids is 1. The molecular weight excluding hydrogens is 374 g/mol. The minimum absolute atomic E-state index is 0.257. The van der Waals surface area contributed by atoms with Crippen molar-refractivity contribution in [2.75, 3.05) is 31.5 Å². The zero-order chi connectivity index (χ0) is 20.6. The van der Waals surface area contributed by atoms with Crippen molar-refractivity contribution in [3.8, 4) is 11.5 Å². The lowest BCUT2D eigenvalue weighted by Gasteiger charge is -2.13. The van der Waals surface area contributed by atoms with E-state index in [1.54, 1.807) is 63.6 Å². The highest BCUT2D eigenvalue weighted by Gasteiger charge is 2.13. The molecule has 9 heteroatoms. The third kappa shape index (κ3) is 4.89. The van der Waals surface area contributed by atoms with Crippen molar-refractivity contribution < 1.29 is 19.0 Å². The van der Waals surface area contributed by atoms with Crippen molar-refractivity contribution in [1.82, 2.24) is 15.2 Å². The van der Waals surface area contributed by atoms with Crippen LogP contribution in [-0.4, -0.2) is 42.0 Å². The Balaban J connectivity index is 1.82. The summed E-state index contributed by atoms with van der Waals surface area (Å²) in [5.74, 6) is 1.48. The van der Waals surface area contributed by atoms with E-state index in [2.05, 4.69) is 25.8 Å². The van der Waals surface area contributed by atoms with Gasteiger partial charge in [0, 0.05) is 6.07 Å². The van der Waals surface area contributed by atoms with Crippen LogP contribution in [0.1, 0.15) is 17.3 Å². The third-order valence-corrected chi connectivity index (χ3v) is 3.90. The van der Waals surface area contributed by atoms with Gasteiger partial charge in [-0.2, -0.15) is 10.1 Å². The number of anilines is 4. The van der Waals surface area contributed by atoms with E-state index in [0.717, 1.165) is 0 Å². The molecule has 0 spiro atoms. The van der Waals surface area contributed by atoms with Crippen LogP contribution in [0.25, 0.3) is 0 Å². The molecular formula is C20H21N5O4. The summed E-state index contributed by atoms with van der Waals surface area (Å²) in [7, 11) is 3.14. The summed E-state index contributed by atoms with van der Waals surface area (Å²) in [6.07, 6.45) is 1.46. The molecule has 0 aliphatic rings. The number of ether oxygens (including phenoxy) is 3. The van der Waals surface area contributed by atoms with Crippen LogP contribution in [0.5, 0.6) is 11.5 Å². The van der Waals surface area contributed by atoms with E-state index >= 15 is 0 Å². The minimum atomic E-state index is -0.418. The second-order valence-corrected chi connectivity index (χ2v) is 5.75. The van der Waals surface area contributed by atoms with Gasteiger partial charge in [-0.15, -0.1) is 5.10 Å². The molecule has 0 saturated heterocycles. The van der Waals surface area contributed by atoms with Gasteiger partial charge in [-0.25, -0.2) is 4.79 Å². The quantitative estimate of drug-likeness (QED) is 0.554. The van der Waals surface area contributed by atoms with Crippen LogP contribution in [0.4, 0.5) is 23.1 Å². The van der Waals surface area contributed by atoms with Gasteiger partial charge in [-0.3, -0.25) is 0 Å². The van der Waals surface area contributed by atoms with Crippen molar-refractivity contribution in [2.24, 2.45) is 0 Å². The molecule has 0 unspecified atom stereocenters. The molecule has 0 bridgehead atoms. The maximum atomic E-state index is 12.1. The Morgan fingerprint density at radius 1 is 1.03 bits per heavy atom. The number of nitrogens with zero attached hydrogens (tertiary/aromatic N) is 3. The first-order chi connectivity index (χ1) is 14.1. The molecule has 0 amide bonds. The monoisotopic (exact) mass is 395 g/mol. The number of carbonyl (C=O) groups is 1. The summed E-state index contributed by atoms with van der Waals surface area (Å²) < 4.78 is 15.7. The first-order valence-electron chi connectivity index (χ1n) is 8.86. The maximum absolute atomic E-state index is 12.1. The van der Waals surface area contributed by atoms with Crippen molar-refractivity contribution in [3.05, 3.63) is 54.2 Å². The number of benzene rings is 2. The Kier molecular flexibility index (Phi) is 6.41. The summed E-state index contributed by atoms with van der Waals surface area (Å²) in [6.45, 7) is 2.05. The molecule has 3 rings (SSSR count). The van der Waals surface area contributed by atoms with Crippen LogP contribution in [0, 0.1) is 0 Å². The molecule has 3 aromatic rings. The Bertz CT molecular complexity index is 996. The average molecular weight is 395 g/mol. The number of nitrogens with one attached hydrogen (secondary N) is 2. The van der Waals surface area contributed by atoms with E-state index in [-0.39, 0.29) is 5.95 Å². The largest absolute Gasteiger partial charge is 0.497 e. The average Bonchev–Trinajstić information content (AvgIpc) is 2.75. The lowest BCUT2D eigenvalue weighted by Crippen LogP contribution is -2.09. The molecule has 2 N–H and O–H groups in total. The molecule has 0 radical (unpaired) electrons. The first kappa shape index (κ1) is 19.9. The van der Waals surface area contributed by atoms with Crippen LogP contribution in [-0.2, 0) is 4.74 Å². The van der Waals surface area contributed by atoms with Gasteiger partial charge >= 0.3 is 5.97 Å². The summed E-state index contributed by atoms with van der Waals surface area (Å²) >= 11 is 0. The molecule has 9 nitrogen and oxygen atoms in total. The van der Waals surface area contributed by atoms with Gasteiger partial charge in [0.1, 0.15) is 11.5 Å². The van der Waals surface area contributed by atoms with Crippen LogP contribution < -0.4 is 20.1 Å². The Hall–Kier alpha value is -3.88. The lowest BCUT2D eigenvalue weighted by atomic mass is 10.2. The number of para-hydroxylation sites is 1. The zero-order valence-electron chi connectivity index (χ0n) is 16.3. The van der Waals surface area contributed by atoms with Gasteiger partial charge in [-0.1, -0.05) is 12.1 Å². The standard InChI is InChI=1S/C20H21N5O4/c1-4-29-19(26)14-7-5-6-8-15(14)22-18-12-21-25-20(24-18)23-16-10-9-13(27-2)11-17(16)28-3/h5-12H,4H2,1-3H3,(H2,22,23,24,25). The third-order valence-electron chi connectivity index (χ3n) is 3.90. The molecule has 0 saturated carbocycles. The zero-order valence-corrected chi connectivity index (χ0v) is 16.3. The maximum Gasteiger partial charge on any atom is 0.340 e. The number of esters is 1. The molecule has 29 heavy (non-hydrogen) atoms. The number of hydrogen-bond acceptors (Lipinski definition) is 9. The van der Waals surface area contributed by atoms with Gasteiger partial charge in [-0.05, 0) is 31.2 Å². The molecule has 2 aromatic carbocycles. The Labute approximate surface area is 168 Å². The van der Waals surface area contributed by atoms with Gasteiger partial charge < -0.3 is 24.8 Å². The van der Waals surface area contributed by atoms with Gasteiger partial charge in [0.25, 0.3) is 0 Å². The summed E-state index contributed by atoms with van der Waals surface area (Å²) in [5.41, 5.74) is 1.61. The van der Waals surface area contributed by atoms with Gasteiger partial charge in [0.05, 0.1) is 44.0 Å². The highest BCUT2D eigenvalue weighted by molar-refractivity contribution is 5.96. The van der Waals surface area contributed by atoms with E-state index in [1.165, 1.54) is 6.20 Å². The molecule has 0 aliphatic carbocycles. The second kappa shape index (κ2) is 9.36. The minimum Gasteiger partial charge on any atom is -0.497 e. The fraction of sp³-hybridized carbons (Fsp3) is 0.200. The highest BCUT2D eigenvalue weighted by Crippen LogP contribution is 2.30. The predicted molar refractivity (Wildman–Crippen MR) is 108 cm³/mol. The smallest absolute Gasteiger partial charge is 0.340 e.